The van der Waals surface area contributed by atoms with Crippen molar-refractivity contribution in [2.24, 2.45) is 0 Å². The lowest BCUT2D eigenvalue weighted by molar-refractivity contribution is -0.0741. The van der Waals surface area contributed by atoms with Gasteiger partial charge in [0.15, 0.2) is 0 Å². The average Bonchev–Trinajstić information content (AvgIpc) is 2.27. The minimum atomic E-state index is 0.466. The molecule has 0 aromatic rings. The second-order valence-corrected chi connectivity index (χ2v) is 4.01. The maximum Gasteiger partial charge on any atom is 0.0647 e. The van der Waals surface area contributed by atoms with E-state index in [0.717, 1.165) is 12.6 Å². The molecular weight excluding hydrogens is 138 g/mol. The molecule has 2 saturated heterocycles. The molecule has 0 aromatic heterocycles. The van der Waals surface area contributed by atoms with Crippen molar-refractivity contribution >= 4 is 0 Å². The van der Waals surface area contributed by atoms with Crippen LogP contribution >= 0.6 is 0 Å². The van der Waals surface area contributed by atoms with Gasteiger partial charge >= 0.3 is 0 Å². The highest BCUT2D eigenvalue weighted by atomic mass is 16.5. The van der Waals surface area contributed by atoms with Gasteiger partial charge in [0.05, 0.1) is 6.61 Å². The summed E-state index contributed by atoms with van der Waals surface area (Å²) in [4.78, 5) is 2.61. The smallest absolute Gasteiger partial charge is 0.0647 e. The molecule has 11 heavy (non-hydrogen) atoms. The van der Waals surface area contributed by atoms with Crippen LogP contribution < -0.4 is 0 Å². The summed E-state index contributed by atoms with van der Waals surface area (Å²) in [6.07, 6.45) is 4.07. The van der Waals surface area contributed by atoms with Gasteiger partial charge in [0.2, 0.25) is 0 Å². The van der Waals surface area contributed by atoms with Crippen molar-refractivity contribution in [3.05, 3.63) is 0 Å². The van der Waals surface area contributed by atoms with Crippen LogP contribution in [0.15, 0.2) is 0 Å². The third-order valence-electron chi connectivity index (χ3n) is 3.27. The first-order valence-electron chi connectivity index (χ1n) is 4.54. The van der Waals surface area contributed by atoms with Crippen LogP contribution in [0, 0.1) is 0 Å². The van der Waals surface area contributed by atoms with Gasteiger partial charge in [0.1, 0.15) is 0 Å². The Morgan fingerprint density at radius 3 is 3.09 bits per heavy atom. The van der Waals surface area contributed by atoms with E-state index >= 15 is 0 Å². The molecule has 2 aliphatic heterocycles. The fraction of sp³-hybridized carbons (Fsp3) is 1.00. The Hall–Kier alpha value is -0.0800. The number of ether oxygens (including phenoxy) is 1. The molecule has 2 rings (SSSR count). The zero-order valence-corrected chi connectivity index (χ0v) is 7.47. The Balaban J connectivity index is 2.03. The van der Waals surface area contributed by atoms with E-state index in [1.54, 1.807) is 0 Å². The number of methoxy groups -OCH3 is 1. The van der Waals surface area contributed by atoms with Gasteiger partial charge < -0.3 is 4.74 Å². The van der Waals surface area contributed by atoms with Crippen LogP contribution in [0.25, 0.3) is 0 Å². The molecule has 2 heteroatoms. The third kappa shape index (κ3) is 0.926. The van der Waals surface area contributed by atoms with Crippen LogP contribution in [0.3, 0.4) is 0 Å². The molecule has 0 amide bonds. The molecule has 2 aliphatic rings. The molecule has 2 atom stereocenters. The van der Waals surface area contributed by atoms with Gasteiger partial charge in [-0.25, -0.2) is 0 Å². The molecular formula is C9H17NO. The van der Waals surface area contributed by atoms with Crippen molar-refractivity contribution in [3.8, 4) is 0 Å². The van der Waals surface area contributed by atoms with Crippen LogP contribution in [-0.2, 0) is 4.74 Å². The van der Waals surface area contributed by atoms with Crippen molar-refractivity contribution in [1.29, 1.82) is 0 Å². The Kier molecular flexibility index (Phi) is 1.69. The van der Waals surface area contributed by atoms with Crippen molar-refractivity contribution in [3.63, 3.8) is 0 Å². The average molecular weight is 155 g/mol. The van der Waals surface area contributed by atoms with Gasteiger partial charge in [0, 0.05) is 18.7 Å². The summed E-state index contributed by atoms with van der Waals surface area (Å²) < 4.78 is 5.26. The Bertz CT molecular complexity index is 156. The number of hydrogen-bond donors (Lipinski definition) is 0. The van der Waals surface area contributed by atoms with E-state index in [1.165, 1.54) is 25.8 Å². The standard InChI is InChI=1S/C9H17NO/c1-8-6-9(7-11-2)4-3-5-10(8)9/h8H,3-7H2,1-2H3/t8-,9+/m1/s1. The van der Waals surface area contributed by atoms with Gasteiger partial charge in [-0.05, 0) is 32.7 Å². The van der Waals surface area contributed by atoms with Crippen molar-refractivity contribution in [1.82, 2.24) is 4.90 Å². The third-order valence-corrected chi connectivity index (χ3v) is 3.27. The minimum Gasteiger partial charge on any atom is -0.383 e. The lowest BCUT2D eigenvalue weighted by Gasteiger charge is -2.53. The topological polar surface area (TPSA) is 12.5 Å². The fourth-order valence-corrected chi connectivity index (χ4v) is 2.90. The number of nitrogens with zero attached hydrogens (tertiary/aromatic N) is 1. The van der Waals surface area contributed by atoms with E-state index in [2.05, 4.69) is 11.8 Å². The SMILES string of the molecule is COC[C@@]12CCCN1[C@H](C)C2. The summed E-state index contributed by atoms with van der Waals surface area (Å²) >= 11 is 0. The normalized spacial score (nSPS) is 43.6. The number of hydrogen-bond acceptors (Lipinski definition) is 2. The highest BCUT2D eigenvalue weighted by molar-refractivity contribution is 5.07. The molecule has 64 valence electrons. The largest absolute Gasteiger partial charge is 0.383 e. The van der Waals surface area contributed by atoms with Gasteiger partial charge in [0.25, 0.3) is 0 Å². The van der Waals surface area contributed by atoms with E-state index in [1.807, 2.05) is 7.11 Å². The molecule has 0 unspecified atom stereocenters. The van der Waals surface area contributed by atoms with Gasteiger partial charge in [-0.3, -0.25) is 4.90 Å². The molecule has 0 radical (unpaired) electrons. The van der Waals surface area contributed by atoms with Crippen LogP contribution in [0.4, 0.5) is 0 Å². The van der Waals surface area contributed by atoms with Crippen LogP contribution in [0.2, 0.25) is 0 Å². The molecule has 0 aliphatic carbocycles. The summed E-state index contributed by atoms with van der Waals surface area (Å²) in [5.74, 6) is 0. The molecule has 0 aromatic carbocycles. The Morgan fingerprint density at radius 2 is 2.45 bits per heavy atom. The molecule has 2 heterocycles. The number of rotatable bonds is 2. The summed E-state index contributed by atoms with van der Waals surface area (Å²) in [7, 11) is 1.81. The Morgan fingerprint density at radius 1 is 1.64 bits per heavy atom. The van der Waals surface area contributed by atoms with Gasteiger partial charge in [-0.15, -0.1) is 0 Å². The zero-order valence-electron chi connectivity index (χ0n) is 7.47. The second-order valence-electron chi connectivity index (χ2n) is 4.01. The van der Waals surface area contributed by atoms with E-state index in [-0.39, 0.29) is 0 Å². The summed E-state index contributed by atoms with van der Waals surface area (Å²) in [5, 5.41) is 0. The highest BCUT2D eigenvalue weighted by Gasteiger charge is 2.52. The van der Waals surface area contributed by atoms with Crippen molar-refractivity contribution in [2.45, 2.75) is 37.8 Å². The lowest BCUT2D eigenvalue weighted by atomic mass is 9.80. The molecule has 0 spiro atoms. The molecule has 0 N–H and O–H groups in total. The summed E-state index contributed by atoms with van der Waals surface area (Å²) in [6.45, 7) is 4.56. The van der Waals surface area contributed by atoms with E-state index < -0.39 is 0 Å². The molecule has 0 bridgehead atoms. The molecule has 0 saturated carbocycles. The van der Waals surface area contributed by atoms with Crippen molar-refractivity contribution in [2.75, 3.05) is 20.3 Å². The second kappa shape index (κ2) is 2.46. The van der Waals surface area contributed by atoms with E-state index in [9.17, 15) is 0 Å². The summed E-state index contributed by atoms with van der Waals surface area (Å²) in [6, 6.07) is 0.813. The van der Waals surface area contributed by atoms with Gasteiger partial charge in [-0.1, -0.05) is 0 Å². The monoisotopic (exact) mass is 155 g/mol. The summed E-state index contributed by atoms with van der Waals surface area (Å²) in [5.41, 5.74) is 0.466. The lowest BCUT2D eigenvalue weighted by Crippen LogP contribution is -2.63. The predicted molar refractivity (Wildman–Crippen MR) is 44.6 cm³/mol. The maximum atomic E-state index is 5.26. The van der Waals surface area contributed by atoms with E-state index in [0.29, 0.717) is 5.54 Å². The predicted octanol–water partition coefficient (Wildman–Crippen LogP) is 1.26. The Labute approximate surface area is 68.5 Å². The fourth-order valence-electron chi connectivity index (χ4n) is 2.90. The molecule has 2 nitrogen and oxygen atoms in total. The maximum absolute atomic E-state index is 5.26. The molecule has 2 fully saturated rings. The van der Waals surface area contributed by atoms with E-state index in [4.69, 9.17) is 4.74 Å². The first kappa shape index (κ1) is 7.56. The van der Waals surface area contributed by atoms with Gasteiger partial charge in [-0.2, -0.15) is 0 Å². The zero-order chi connectivity index (χ0) is 7.90. The van der Waals surface area contributed by atoms with Crippen LogP contribution in [0.1, 0.15) is 26.2 Å². The van der Waals surface area contributed by atoms with Crippen LogP contribution in [0.5, 0.6) is 0 Å². The van der Waals surface area contributed by atoms with Crippen LogP contribution in [-0.4, -0.2) is 36.7 Å². The first-order valence-corrected chi connectivity index (χ1v) is 4.54. The highest BCUT2D eigenvalue weighted by Crippen LogP contribution is 2.44. The quantitative estimate of drug-likeness (QED) is 0.595. The van der Waals surface area contributed by atoms with Crippen molar-refractivity contribution < 1.29 is 4.74 Å². The number of fused-ring (bicyclic) bond motifs is 1. The minimum absolute atomic E-state index is 0.466. The first-order chi connectivity index (χ1) is 5.28.